The van der Waals surface area contributed by atoms with Crippen molar-refractivity contribution in [3.05, 3.63) is 0 Å². The van der Waals surface area contributed by atoms with Crippen LogP contribution >= 0.6 is 0 Å². The fraction of sp³-hybridized carbons (Fsp3) is 0.917. The molecule has 0 aliphatic rings. The lowest BCUT2D eigenvalue weighted by Gasteiger charge is -2.16. The first-order valence-corrected chi connectivity index (χ1v) is 6.04. The van der Waals surface area contributed by atoms with Crippen LogP contribution in [-0.4, -0.2) is 24.4 Å². The van der Waals surface area contributed by atoms with Crippen molar-refractivity contribution in [3.63, 3.8) is 0 Å². The van der Waals surface area contributed by atoms with Gasteiger partial charge in [-0.1, -0.05) is 46.0 Å². The number of carbonyl (C=O) groups excluding carboxylic acids is 1. The normalized spacial score (nSPS) is 10.1. The van der Waals surface area contributed by atoms with E-state index >= 15 is 0 Å². The van der Waals surface area contributed by atoms with Gasteiger partial charge in [-0.15, -0.1) is 0 Å². The Bertz CT molecular complexity index is 125. The summed E-state index contributed by atoms with van der Waals surface area (Å²) in [4.78, 5) is 12.6. The molecule has 0 aromatic carbocycles. The van der Waals surface area contributed by atoms with E-state index in [2.05, 4.69) is 13.8 Å². The lowest BCUT2D eigenvalue weighted by molar-refractivity contribution is -0.118. The molecule has 0 radical (unpaired) electrons. The Balaban J connectivity index is 3.28. The molecule has 0 bridgehead atoms. The van der Waals surface area contributed by atoms with Crippen molar-refractivity contribution < 1.29 is 4.79 Å². The van der Waals surface area contributed by atoms with Crippen LogP contribution < -0.4 is 0 Å². The number of unbranched alkanes of at least 4 members (excludes halogenated alkanes) is 5. The molecular weight excluding hydrogens is 174 g/mol. The van der Waals surface area contributed by atoms with Gasteiger partial charge >= 0.3 is 0 Å². The summed E-state index contributed by atoms with van der Waals surface area (Å²) >= 11 is 0. The van der Waals surface area contributed by atoms with Crippen LogP contribution in [0.4, 0.5) is 0 Å². The van der Waals surface area contributed by atoms with E-state index in [-0.39, 0.29) is 0 Å². The maximum Gasteiger partial charge on any atom is 0.209 e. The van der Waals surface area contributed by atoms with Gasteiger partial charge in [-0.05, 0) is 12.8 Å². The highest BCUT2D eigenvalue weighted by Crippen LogP contribution is 2.03. The van der Waals surface area contributed by atoms with Gasteiger partial charge in [0.1, 0.15) is 0 Å². The molecule has 2 heteroatoms. The maximum atomic E-state index is 10.7. The molecule has 84 valence electrons. The molecule has 0 fully saturated rings. The van der Waals surface area contributed by atoms with Crippen LogP contribution in [0, 0.1) is 0 Å². The predicted octanol–water partition coefficient (Wildman–Crippen LogP) is 3.22. The third-order valence-corrected chi connectivity index (χ3v) is 2.50. The lowest BCUT2D eigenvalue weighted by atomic mass is 10.1. The summed E-state index contributed by atoms with van der Waals surface area (Å²) in [5.41, 5.74) is 0. The Kier molecular flexibility index (Phi) is 10.2. The highest BCUT2D eigenvalue weighted by atomic mass is 16.1. The zero-order valence-corrected chi connectivity index (χ0v) is 9.80. The van der Waals surface area contributed by atoms with Crippen LogP contribution in [0.3, 0.4) is 0 Å². The Morgan fingerprint density at radius 3 is 2.00 bits per heavy atom. The van der Waals surface area contributed by atoms with Crippen LogP contribution in [-0.2, 0) is 4.79 Å². The first kappa shape index (κ1) is 13.5. The average Bonchev–Trinajstić information content (AvgIpc) is 2.22. The Morgan fingerprint density at radius 1 is 0.857 bits per heavy atom. The quantitative estimate of drug-likeness (QED) is 0.391. The number of amides is 1. The predicted molar refractivity (Wildman–Crippen MR) is 61.3 cm³/mol. The van der Waals surface area contributed by atoms with Crippen molar-refractivity contribution in [3.8, 4) is 0 Å². The second-order valence-electron chi connectivity index (χ2n) is 3.91. The molecule has 1 amide bonds. The summed E-state index contributed by atoms with van der Waals surface area (Å²) in [5.74, 6) is 0. The highest BCUT2D eigenvalue weighted by molar-refractivity contribution is 5.46. The number of carbonyl (C=O) groups is 1. The molecule has 0 N–H and O–H groups in total. The minimum absolute atomic E-state index is 0.938. The summed E-state index contributed by atoms with van der Waals surface area (Å²) in [6, 6.07) is 0. The molecule has 0 heterocycles. The van der Waals surface area contributed by atoms with Gasteiger partial charge in [-0.2, -0.15) is 0 Å². The molecular formula is C12H25NO. The molecule has 0 aliphatic heterocycles. The highest BCUT2D eigenvalue weighted by Gasteiger charge is 1.99. The number of hydrogen-bond acceptors (Lipinski definition) is 1. The fourth-order valence-electron chi connectivity index (χ4n) is 1.50. The molecule has 0 aromatic rings. The third kappa shape index (κ3) is 8.09. The van der Waals surface area contributed by atoms with E-state index in [0.717, 1.165) is 25.9 Å². The monoisotopic (exact) mass is 199 g/mol. The Hall–Kier alpha value is -0.530. The minimum Gasteiger partial charge on any atom is -0.345 e. The van der Waals surface area contributed by atoms with Crippen LogP contribution in [0.1, 0.15) is 58.8 Å². The van der Waals surface area contributed by atoms with Crippen LogP contribution in [0.15, 0.2) is 0 Å². The molecule has 2 nitrogen and oxygen atoms in total. The molecule has 0 saturated heterocycles. The van der Waals surface area contributed by atoms with E-state index in [9.17, 15) is 4.79 Å². The Morgan fingerprint density at radius 2 is 1.43 bits per heavy atom. The molecule has 0 aliphatic carbocycles. The maximum absolute atomic E-state index is 10.7. The minimum atomic E-state index is 0.938. The lowest BCUT2D eigenvalue weighted by Crippen LogP contribution is -2.24. The SMILES string of the molecule is CCCCCCCN(C=O)CCCC. The number of hydrogen-bond donors (Lipinski definition) is 0. The van der Waals surface area contributed by atoms with E-state index in [1.807, 2.05) is 4.90 Å². The zero-order chi connectivity index (χ0) is 10.6. The van der Waals surface area contributed by atoms with Gasteiger partial charge in [0.2, 0.25) is 6.41 Å². The standard InChI is InChI=1S/C12H25NO/c1-3-5-7-8-9-11-13(12-14)10-6-4-2/h12H,3-11H2,1-2H3. The van der Waals surface area contributed by atoms with Crippen LogP contribution in [0.5, 0.6) is 0 Å². The van der Waals surface area contributed by atoms with Crippen LogP contribution in [0.25, 0.3) is 0 Å². The van der Waals surface area contributed by atoms with Gasteiger partial charge in [0.25, 0.3) is 0 Å². The van der Waals surface area contributed by atoms with E-state index in [1.165, 1.54) is 38.5 Å². The molecule has 0 unspecified atom stereocenters. The summed E-state index contributed by atoms with van der Waals surface area (Å²) in [6.07, 6.45) is 9.66. The number of nitrogens with zero attached hydrogens (tertiary/aromatic N) is 1. The van der Waals surface area contributed by atoms with E-state index in [1.54, 1.807) is 0 Å². The second kappa shape index (κ2) is 10.6. The van der Waals surface area contributed by atoms with Gasteiger partial charge in [0.05, 0.1) is 0 Å². The van der Waals surface area contributed by atoms with Crippen molar-refractivity contribution in [1.29, 1.82) is 0 Å². The van der Waals surface area contributed by atoms with Crippen LogP contribution in [0.2, 0.25) is 0 Å². The van der Waals surface area contributed by atoms with Gasteiger partial charge in [-0.25, -0.2) is 0 Å². The van der Waals surface area contributed by atoms with Crippen molar-refractivity contribution in [2.75, 3.05) is 13.1 Å². The van der Waals surface area contributed by atoms with Crippen molar-refractivity contribution in [2.24, 2.45) is 0 Å². The third-order valence-electron chi connectivity index (χ3n) is 2.50. The zero-order valence-electron chi connectivity index (χ0n) is 9.80. The summed E-state index contributed by atoms with van der Waals surface area (Å²) < 4.78 is 0. The Labute approximate surface area is 88.7 Å². The molecule has 0 saturated carbocycles. The average molecular weight is 199 g/mol. The molecule has 0 rings (SSSR count). The van der Waals surface area contributed by atoms with Gasteiger partial charge in [0.15, 0.2) is 0 Å². The number of rotatable bonds is 10. The molecule has 0 spiro atoms. The topological polar surface area (TPSA) is 20.3 Å². The van der Waals surface area contributed by atoms with Gasteiger partial charge < -0.3 is 4.90 Å². The van der Waals surface area contributed by atoms with E-state index in [4.69, 9.17) is 0 Å². The van der Waals surface area contributed by atoms with Crippen molar-refractivity contribution in [1.82, 2.24) is 4.90 Å². The summed E-state index contributed by atoms with van der Waals surface area (Å²) in [5, 5.41) is 0. The van der Waals surface area contributed by atoms with Gasteiger partial charge in [0, 0.05) is 13.1 Å². The largest absolute Gasteiger partial charge is 0.345 e. The first-order valence-electron chi connectivity index (χ1n) is 6.04. The fourth-order valence-corrected chi connectivity index (χ4v) is 1.50. The van der Waals surface area contributed by atoms with E-state index < -0.39 is 0 Å². The molecule has 0 aromatic heterocycles. The van der Waals surface area contributed by atoms with Crippen molar-refractivity contribution in [2.45, 2.75) is 58.8 Å². The summed E-state index contributed by atoms with van der Waals surface area (Å²) in [7, 11) is 0. The second-order valence-corrected chi connectivity index (χ2v) is 3.91. The smallest absolute Gasteiger partial charge is 0.209 e. The molecule has 0 atom stereocenters. The van der Waals surface area contributed by atoms with Gasteiger partial charge in [-0.3, -0.25) is 4.79 Å². The summed E-state index contributed by atoms with van der Waals surface area (Å²) in [6.45, 7) is 6.27. The van der Waals surface area contributed by atoms with E-state index in [0.29, 0.717) is 0 Å². The van der Waals surface area contributed by atoms with Crippen molar-refractivity contribution >= 4 is 6.41 Å². The molecule has 14 heavy (non-hydrogen) atoms. The first-order chi connectivity index (χ1) is 6.85.